The van der Waals surface area contributed by atoms with Gasteiger partial charge >= 0.3 is 0 Å². The van der Waals surface area contributed by atoms with Crippen molar-refractivity contribution in [2.75, 3.05) is 29.5 Å². The van der Waals surface area contributed by atoms with Gasteiger partial charge < -0.3 is 14.5 Å². The average Bonchev–Trinajstić information content (AvgIpc) is 2.69. The van der Waals surface area contributed by atoms with Gasteiger partial charge in [0.2, 0.25) is 5.91 Å². The van der Waals surface area contributed by atoms with Crippen molar-refractivity contribution in [1.29, 1.82) is 0 Å². The molecule has 144 valence electrons. The minimum Gasteiger partial charge on any atom is -0.482 e. The van der Waals surface area contributed by atoms with Crippen molar-refractivity contribution >= 4 is 44.9 Å². The number of ketones is 1. The van der Waals surface area contributed by atoms with Crippen LogP contribution in [-0.2, 0) is 16.0 Å². The Morgan fingerprint density at radius 1 is 1.04 bits per heavy atom. The Kier molecular flexibility index (Phi) is 4.93. The molecular weight excluding hydrogens is 424 g/mol. The zero-order valence-corrected chi connectivity index (χ0v) is 17.0. The first-order valence-corrected chi connectivity index (χ1v) is 9.96. The fourth-order valence-corrected chi connectivity index (χ4v) is 4.07. The summed E-state index contributed by atoms with van der Waals surface area (Å²) in [7, 11) is 0. The van der Waals surface area contributed by atoms with Crippen LogP contribution in [0.15, 0.2) is 40.9 Å². The highest BCUT2D eigenvalue weighted by Gasteiger charge is 2.28. The van der Waals surface area contributed by atoms with Gasteiger partial charge in [-0.05, 0) is 55.3 Å². The molecule has 0 spiro atoms. The van der Waals surface area contributed by atoms with E-state index in [1.807, 2.05) is 25.1 Å². The van der Waals surface area contributed by atoms with Crippen LogP contribution in [-0.4, -0.2) is 37.3 Å². The summed E-state index contributed by atoms with van der Waals surface area (Å²) in [5.74, 6) is 0.211. The lowest BCUT2D eigenvalue weighted by Crippen LogP contribution is -2.40. The highest BCUT2D eigenvalue weighted by molar-refractivity contribution is 9.10. The molecule has 0 bridgehead atoms. The van der Waals surface area contributed by atoms with Gasteiger partial charge in [-0.25, -0.2) is 0 Å². The number of hydrogen-bond acceptors (Lipinski definition) is 4. The van der Waals surface area contributed by atoms with Crippen LogP contribution in [0.4, 0.5) is 11.4 Å². The largest absolute Gasteiger partial charge is 0.482 e. The SMILES string of the molecule is CCN1C(=O)COc2ccc(C(=O)CN3C(=O)CCc4cc(Br)ccc43)cc21. The molecule has 2 aromatic carbocycles. The number of ether oxygens (including phenoxy) is 1. The van der Waals surface area contributed by atoms with E-state index in [1.54, 1.807) is 28.0 Å². The van der Waals surface area contributed by atoms with E-state index in [0.29, 0.717) is 36.4 Å². The fourth-order valence-electron chi connectivity index (χ4n) is 3.66. The quantitative estimate of drug-likeness (QED) is 0.680. The van der Waals surface area contributed by atoms with Crippen molar-refractivity contribution in [3.8, 4) is 5.75 Å². The molecule has 2 aromatic rings. The summed E-state index contributed by atoms with van der Waals surface area (Å²) in [5.41, 5.74) is 2.87. The van der Waals surface area contributed by atoms with E-state index < -0.39 is 0 Å². The molecule has 7 heteroatoms. The van der Waals surface area contributed by atoms with Crippen LogP contribution < -0.4 is 14.5 Å². The first-order valence-electron chi connectivity index (χ1n) is 9.17. The van der Waals surface area contributed by atoms with Gasteiger partial charge in [-0.1, -0.05) is 15.9 Å². The van der Waals surface area contributed by atoms with E-state index in [-0.39, 0.29) is 30.7 Å². The van der Waals surface area contributed by atoms with Crippen molar-refractivity contribution in [3.63, 3.8) is 0 Å². The number of likely N-dealkylation sites (N-methyl/N-ethyl adjacent to an activating group) is 1. The van der Waals surface area contributed by atoms with Crippen molar-refractivity contribution in [1.82, 2.24) is 0 Å². The molecule has 6 nitrogen and oxygen atoms in total. The Balaban J connectivity index is 1.62. The molecule has 0 fully saturated rings. The fraction of sp³-hybridized carbons (Fsp3) is 0.286. The highest BCUT2D eigenvalue weighted by atomic mass is 79.9. The molecule has 0 radical (unpaired) electrons. The van der Waals surface area contributed by atoms with Crippen LogP contribution in [0, 0.1) is 0 Å². The van der Waals surface area contributed by atoms with Gasteiger partial charge in [0.25, 0.3) is 5.91 Å². The summed E-state index contributed by atoms with van der Waals surface area (Å²) >= 11 is 3.45. The number of carbonyl (C=O) groups is 3. The lowest BCUT2D eigenvalue weighted by molar-refractivity contribution is -0.121. The van der Waals surface area contributed by atoms with E-state index in [1.165, 1.54) is 0 Å². The molecule has 2 aliphatic rings. The van der Waals surface area contributed by atoms with Crippen molar-refractivity contribution < 1.29 is 19.1 Å². The van der Waals surface area contributed by atoms with Gasteiger partial charge in [-0.3, -0.25) is 14.4 Å². The van der Waals surface area contributed by atoms with Gasteiger partial charge in [0.1, 0.15) is 5.75 Å². The monoisotopic (exact) mass is 442 g/mol. The lowest BCUT2D eigenvalue weighted by Gasteiger charge is -2.30. The molecule has 2 aliphatic heterocycles. The van der Waals surface area contributed by atoms with Crippen molar-refractivity contribution in [2.24, 2.45) is 0 Å². The molecule has 0 N–H and O–H groups in total. The second kappa shape index (κ2) is 7.39. The van der Waals surface area contributed by atoms with E-state index in [4.69, 9.17) is 4.74 Å². The number of fused-ring (bicyclic) bond motifs is 2. The summed E-state index contributed by atoms with van der Waals surface area (Å²) in [6.45, 7) is 2.35. The summed E-state index contributed by atoms with van der Waals surface area (Å²) < 4.78 is 6.41. The normalized spacial score (nSPS) is 15.8. The third-order valence-electron chi connectivity index (χ3n) is 5.08. The van der Waals surface area contributed by atoms with Gasteiger partial charge in [0.05, 0.1) is 12.2 Å². The zero-order valence-electron chi connectivity index (χ0n) is 15.4. The first-order chi connectivity index (χ1) is 13.5. The number of benzene rings is 2. The lowest BCUT2D eigenvalue weighted by atomic mass is 10.00. The Labute approximate surface area is 171 Å². The van der Waals surface area contributed by atoms with Crippen LogP contribution in [0.5, 0.6) is 5.75 Å². The molecule has 28 heavy (non-hydrogen) atoms. The Morgan fingerprint density at radius 3 is 2.64 bits per heavy atom. The standard InChI is InChI=1S/C21H19BrN2O4/c1-2-23-17-10-14(3-7-19(17)28-12-21(23)27)18(25)11-24-16-6-5-15(22)9-13(16)4-8-20(24)26/h3,5-7,9-10H,2,4,8,11-12H2,1H3. The molecular formula is C21H19BrN2O4. The molecule has 0 saturated carbocycles. The summed E-state index contributed by atoms with van der Waals surface area (Å²) in [6, 6.07) is 10.8. The summed E-state index contributed by atoms with van der Waals surface area (Å²) in [4.78, 5) is 40.6. The summed E-state index contributed by atoms with van der Waals surface area (Å²) in [5, 5.41) is 0. The van der Waals surface area contributed by atoms with Gasteiger partial charge in [-0.2, -0.15) is 0 Å². The minimum atomic E-state index is -0.180. The van der Waals surface area contributed by atoms with E-state index >= 15 is 0 Å². The topological polar surface area (TPSA) is 66.9 Å². The molecule has 0 saturated heterocycles. The van der Waals surface area contributed by atoms with Crippen LogP contribution in [0.1, 0.15) is 29.3 Å². The zero-order chi connectivity index (χ0) is 19.8. The third-order valence-corrected chi connectivity index (χ3v) is 5.58. The first kappa shape index (κ1) is 18.7. The number of anilines is 2. The number of aryl methyl sites for hydroxylation is 1. The van der Waals surface area contributed by atoms with E-state index in [2.05, 4.69) is 15.9 Å². The minimum absolute atomic E-state index is 0.00273. The smallest absolute Gasteiger partial charge is 0.265 e. The molecule has 0 aliphatic carbocycles. The maximum Gasteiger partial charge on any atom is 0.265 e. The molecule has 0 atom stereocenters. The number of halogens is 1. The number of nitrogens with zero attached hydrogens (tertiary/aromatic N) is 2. The Hall–Kier alpha value is -2.67. The number of Topliss-reactive ketones (excluding diaryl/α,β-unsaturated/α-hetero) is 1. The maximum atomic E-state index is 13.0. The molecule has 0 aromatic heterocycles. The van der Waals surface area contributed by atoms with E-state index in [0.717, 1.165) is 15.7 Å². The van der Waals surface area contributed by atoms with Gasteiger partial charge in [-0.15, -0.1) is 0 Å². The number of hydrogen-bond donors (Lipinski definition) is 0. The molecule has 0 unspecified atom stereocenters. The predicted molar refractivity (Wildman–Crippen MR) is 109 cm³/mol. The second-order valence-electron chi connectivity index (χ2n) is 6.79. The van der Waals surface area contributed by atoms with Crippen molar-refractivity contribution in [2.45, 2.75) is 19.8 Å². The maximum absolute atomic E-state index is 13.0. The van der Waals surface area contributed by atoms with Crippen LogP contribution in [0.3, 0.4) is 0 Å². The molecule has 4 rings (SSSR count). The molecule has 2 heterocycles. The van der Waals surface area contributed by atoms with Crippen molar-refractivity contribution in [3.05, 3.63) is 52.0 Å². The van der Waals surface area contributed by atoms with Gasteiger partial charge in [0.15, 0.2) is 12.4 Å². The number of amides is 2. The predicted octanol–water partition coefficient (Wildman–Crippen LogP) is 3.36. The van der Waals surface area contributed by atoms with Gasteiger partial charge in [0, 0.05) is 28.7 Å². The van der Waals surface area contributed by atoms with Crippen LogP contribution in [0.25, 0.3) is 0 Å². The second-order valence-corrected chi connectivity index (χ2v) is 7.70. The third kappa shape index (κ3) is 3.30. The average molecular weight is 443 g/mol. The Morgan fingerprint density at radius 2 is 1.86 bits per heavy atom. The highest BCUT2D eigenvalue weighted by Crippen LogP contribution is 2.34. The Bertz CT molecular complexity index is 988. The van der Waals surface area contributed by atoms with Crippen LogP contribution in [0.2, 0.25) is 0 Å². The molecule has 2 amide bonds. The van der Waals surface area contributed by atoms with E-state index in [9.17, 15) is 14.4 Å². The number of rotatable bonds is 4. The summed E-state index contributed by atoms with van der Waals surface area (Å²) in [6.07, 6.45) is 1.05. The number of carbonyl (C=O) groups excluding carboxylic acids is 3. The van der Waals surface area contributed by atoms with Crippen LogP contribution >= 0.6 is 15.9 Å².